The highest BCUT2D eigenvalue weighted by Gasteiger charge is 2.04. The van der Waals surface area contributed by atoms with E-state index in [1.807, 2.05) is 6.07 Å². The van der Waals surface area contributed by atoms with Crippen LogP contribution in [0.5, 0.6) is 0 Å². The summed E-state index contributed by atoms with van der Waals surface area (Å²) in [5, 5.41) is 2.05. The van der Waals surface area contributed by atoms with Crippen molar-refractivity contribution in [3.8, 4) is 0 Å². The zero-order chi connectivity index (χ0) is 9.97. The highest BCUT2D eigenvalue weighted by molar-refractivity contribution is 7.81. The van der Waals surface area contributed by atoms with E-state index in [4.69, 9.17) is 12.2 Å². The summed E-state index contributed by atoms with van der Waals surface area (Å²) in [5.41, 5.74) is 2.40. The Balaban J connectivity index is 2.33. The minimum absolute atomic E-state index is 0.944. The average Bonchev–Trinajstić information content (AvgIpc) is 2.71. The Labute approximate surface area is 93.2 Å². The van der Waals surface area contributed by atoms with E-state index in [1.165, 1.54) is 10.4 Å². The van der Waals surface area contributed by atoms with E-state index in [2.05, 4.69) is 42.6 Å². The van der Waals surface area contributed by atoms with Gasteiger partial charge in [-0.25, -0.2) is 0 Å². The van der Waals surface area contributed by atoms with Gasteiger partial charge in [0, 0.05) is 4.88 Å². The van der Waals surface area contributed by atoms with Crippen molar-refractivity contribution in [3.05, 3.63) is 57.8 Å². The van der Waals surface area contributed by atoms with Crippen molar-refractivity contribution in [2.24, 2.45) is 0 Å². The van der Waals surface area contributed by atoms with Crippen LogP contribution >= 0.6 is 23.6 Å². The largest absolute Gasteiger partial charge is 0.143 e. The topological polar surface area (TPSA) is 0 Å². The molecule has 2 rings (SSSR count). The number of benzene rings is 1. The Morgan fingerprint density at radius 2 is 1.86 bits per heavy atom. The molecule has 1 heterocycles. The Kier molecular flexibility index (Phi) is 2.75. The van der Waals surface area contributed by atoms with E-state index in [0.29, 0.717) is 0 Å². The van der Waals surface area contributed by atoms with Crippen LogP contribution in [0.15, 0.2) is 41.8 Å². The van der Waals surface area contributed by atoms with Crippen molar-refractivity contribution < 1.29 is 0 Å². The highest BCUT2D eigenvalue weighted by atomic mass is 32.1. The Hall–Kier alpha value is -0.990. The van der Waals surface area contributed by atoms with Gasteiger partial charge in [-0.05, 0) is 23.9 Å². The van der Waals surface area contributed by atoms with Crippen molar-refractivity contribution in [2.75, 3.05) is 0 Å². The molecule has 0 aliphatic rings. The molecule has 1 aromatic carbocycles. The normalized spacial score (nSPS) is 10.1. The van der Waals surface area contributed by atoms with Crippen LogP contribution in [0.1, 0.15) is 16.0 Å². The molecule has 0 N–H and O–H groups in total. The summed E-state index contributed by atoms with van der Waals surface area (Å²) in [6.45, 7) is 2.08. The predicted molar refractivity (Wildman–Crippen MR) is 66.3 cm³/mol. The molecular formula is C12H10S2. The second kappa shape index (κ2) is 4.03. The molecule has 0 bridgehead atoms. The van der Waals surface area contributed by atoms with Crippen LogP contribution in [0.2, 0.25) is 0 Å². The van der Waals surface area contributed by atoms with Crippen molar-refractivity contribution in [1.82, 2.24) is 0 Å². The third kappa shape index (κ3) is 1.91. The summed E-state index contributed by atoms with van der Waals surface area (Å²) < 4.78 is 0. The average molecular weight is 218 g/mol. The van der Waals surface area contributed by atoms with E-state index >= 15 is 0 Å². The molecule has 1 aromatic heterocycles. The van der Waals surface area contributed by atoms with Gasteiger partial charge in [0.1, 0.15) is 0 Å². The lowest BCUT2D eigenvalue weighted by atomic mass is 10.1. The van der Waals surface area contributed by atoms with Gasteiger partial charge in [-0.2, -0.15) is 0 Å². The van der Waals surface area contributed by atoms with Gasteiger partial charge >= 0.3 is 0 Å². The van der Waals surface area contributed by atoms with Gasteiger partial charge in [-0.15, -0.1) is 11.3 Å². The molecule has 0 aliphatic carbocycles. The van der Waals surface area contributed by atoms with Crippen LogP contribution in [0.25, 0.3) is 0 Å². The number of rotatable bonds is 2. The first-order valence-electron chi connectivity index (χ1n) is 4.42. The summed E-state index contributed by atoms with van der Waals surface area (Å²) in [4.78, 5) is 2.11. The first-order chi connectivity index (χ1) is 6.77. The highest BCUT2D eigenvalue weighted by Crippen LogP contribution is 2.16. The number of hydrogen-bond acceptors (Lipinski definition) is 2. The minimum Gasteiger partial charge on any atom is -0.143 e. The second-order valence-electron chi connectivity index (χ2n) is 3.17. The second-order valence-corrected chi connectivity index (χ2v) is 4.53. The quantitative estimate of drug-likeness (QED) is 0.545. The Bertz CT molecular complexity index is 424. The number of thiophene rings is 1. The standard InChI is InChI=1S/C12H10S2/c1-9-4-6-10(7-5-9)12(13)11-3-2-8-14-11/h2-8H,1H3. The van der Waals surface area contributed by atoms with Gasteiger partial charge in [0.15, 0.2) is 0 Å². The Morgan fingerprint density at radius 1 is 1.14 bits per heavy atom. The monoisotopic (exact) mass is 218 g/mol. The molecule has 0 nitrogen and oxygen atoms in total. The van der Waals surface area contributed by atoms with E-state index in [1.54, 1.807) is 11.3 Å². The van der Waals surface area contributed by atoms with Crippen molar-refractivity contribution in [3.63, 3.8) is 0 Å². The lowest BCUT2D eigenvalue weighted by Crippen LogP contribution is -1.95. The van der Waals surface area contributed by atoms with E-state index < -0.39 is 0 Å². The van der Waals surface area contributed by atoms with Crippen LogP contribution in [0.4, 0.5) is 0 Å². The van der Waals surface area contributed by atoms with Gasteiger partial charge in [0.05, 0.1) is 4.86 Å². The third-order valence-electron chi connectivity index (χ3n) is 2.06. The van der Waals surface area contributed by atoms with E-state index in [9.17, 15) is 0 Å². The SMILES string of the molecule is Cc1ccc(C(=S)c2cccs2)cc1. The molecule has 0 saturated heterocycles. The van der Waals surface area contributed by atoms with Crippen LogP contribution in [0.3, 0.4) is 0 Å². The Morgan fingerprint density at radius 3 is 2.43 bits per heavy atom. The molecule has 70 valence electrons. The van der Waals surface area contributed by atoms with Crippen molar-refractivity contribution in [2.45, 2.75) is 6.92 Å². The summed E-state index contributed by atoms with van der Waals surface area (Å²) >= 11 is 7.08. The molecule has 0 unspecified atom stereocenters. The van der Waals surface area contributed by atoms with Gasteiger partial charge in [0.25, 0.3) is 0 Å². The van der Waals surface area contributed by atoms with Crippen molar-refractivity contribution >= 4 is 28.4 Å². The first kappa shape index (κ1) is 9.56. The van der Waals surface area contributed by atoms with E-state index in [0.717, 1.165) is 10.4 Å². The van der Waals surface area contributed by atoms with Gasteiger partial charge in [-0.3, -0.25) is 0 Å². The molecule has 0 aliphatic heterocycles. The van der Waals surface area contributed by atoms with Crippen LogP contribution in [-0.4, -0.2) is 4.86 Å². The molecule has 0 amide bonds. The molecule has 0 fully saturated rings. The van der Waals surface area contributed by atoms with E-state index in [-0.39, 0.29) is 0 Å². The maximum Gasteiger partial charge on any atom is 0.0621 e. The molecule has 2 heteroatoms. The zero-order valence-electron chi connectivity index (χ0n) is 7.86. The first-order valence-corrected chi connectivity index (χ1v) is 5.71. The molecular weight excluding hydrogens is 208 g/mol. The fourth-order valence-corrected chi connectivity index (χ4v) is 2.29. The lowest BCUT2D eigenvalue weighted by Gasteiger charge is -2.01. The number of thiocarbonyl (C=S) groups is 1. The summed E-state index contributed by atoms with van der Waals surface area (Å²) in [7, 11) is 0. The molecule has 0 atom stereocenters. The molecule has 2 aromatic rings. The fourth-order valence-electron chi connectivity index (χ4n) is 1.25. The lowest BCUT2D eigenvalue weighted by molar-refractivity contribution is 1.47. The van der Waals surface area contributed by atoms with Crippen LogP contribution in [-0.2, 0) is 0 Å². The third-order valence-corrected chi connectivity index (χ3v) is 3.53. The molecule has 14 heavy (non-hydrogen) atoms. The van der Waals surface area contributed by atoms with Crippen LogP contribution < -0.4 is 0 Å². The molecule has 0 radical (unpaired) electrons. The number of aryl methyl sites for hydroxylation is 1. The van der Waals surface area contributed by atoms with Crippen molar-refractivity contribution in [1.29, 1.82) is 0 Å². The van der Waals surface area contributed by atoms with Gasteiger partial charge in [0.2, 0.25) is 0 Å². The maximum atomic E-state index is 5.39. The molecule has 0 spiro atoms. The number of hydrogen-bond donors (Lipinski definition) is 0. The smallest absolute Gasteiger partial charge is 0.0621 e. The summed E-state index contributed by atoms with van der Waals surface area (Å²) in [6.07, 6.45) is 0. The summed E-state index contributed by atoms with van der Waals surface area (Å²) in [6, 6.07) is 12.4. The summed E-state index contributed by atoms with van der Waals surface area (Å²) in [5.74, 6) is 0. The predicted octanol–water partition coefficient (Wildman–Crippen LogP) is 3.82. The fraction of sp³-hybridized carbons (Fsp3) is 0.0833. The van der Waals surface area contributed by atoms with Crippen LogP contribution in [0, 0.1) is 6.92 Å². The maximum absolute atomic E-state index is 5.39. The van der Waals surface area contributed by atoms with Gasteiger partial charge < -0.3 is 0 Å². The zero-order valence-corrected chi connectivity index (χ0v) is 9.49. The minimum atomic E-state index is 0.944. The van der Waals surface area contributed by atoms with Gasteiger partial charge in [-0.1, -0.05) is 48.1 Å². The molecule has 0 saturated carbocycles.